The molecule has 0 saturated heterocycles. The summed E-state index contributed by atoms with van der Waals surface area (Å²) in [6.45, 7) is 8.32. The Hall–Kier alpha value is -0.860. The first-order valence-electron chi connectivity index (χ1n) is 6.14. The van der Waals surface area contributed by atoms with E-state index in [2.05, 4.69) is 52.0 Å². The number of nitrogens with two attached hydrogens (primary N) is 1. The zero-order chi connectivity index (χ0) is 13.1. The number of hydrogen-bond acceptors (Lipinski definition) is 2. The predicted octanol–water partition coefficient (Wildman–Crippen LogP) is 2.93. The molecule has 17 heavy (non-hydrogen) atoms. The largest absolute Gasteiger partial charge is 0.378 e. The van der Waals surface area contributed by atoms with Gasteiger partial charge in [-0.3, -0.25) is 0 Å². The van der Waals surface area contributed by atoms with Crippen LogP contribution in [0, 0.1) is 0 Å². The van der Waals surface area contributed by atoms with Crippen LogP contribution in [0.3, 0.4) is 0 Å². The highest BCUT2D eigenvalue weighted by atomic mass is 16.5. The molecule has 0 unspecified atom stereocenters. The van der Waals surface area contributed by atoms with Crippen molar-refractivity contribution in [1.82, 2.24) is 0 Å². The Balaban J connectivity index is 2.80. The molecule has 0 bridgehead atoms. The van der Waals surface area contributed by atoms with Crippen LogP contribution in [0.25, 0.3) is 0 Å². The van der Waals surface area contributed by atoms with Gasteiger partial charge in [0.05, 0.1) is 5.60 Å². The van der Waals surface area contributed by atoms with Crippen LogP contribution in [0.4, 0.5) is 0 Å². The fraction of sp³-hybridized carbons (Fsp3) is 0.600. The monoisotopic (exact) mass is 235 g/mol. The van der Waals surface area contributed by atoms with Crippen molar-refractivity contribution in [2.75, 3.05) is 7.11 Å². The van der Waals surface area contributed by atoms with Gasteiger partial charge in [0.2, 0.25) is 0 Å². The number of ether oxygens (including phenoxy) is 1. The van der Waals surface area contributed by atoms with Crippen molar-refractivity contribution in [3.05, 3.63) is 35.4 Å². The number of methoxy groups -OCH3 is 1. The minimum atomic E-state index is -0.157. The van der Waals surface area contributed by atoms with Crippen LogP contribution in [0.5, 0.6) is 0 Å². The van der Waals surface area contributed by atoms with E-state index in [1.165, 1.54) is 11.1 Å². The van der Waals surface area contributed by atoms with Crippen LogP contribution in [0.15, 0.2) is 24.3 Å². The molecule has 2 heteroatoms. The molecule has 96 valence electrons. The maximum atomic E-state index is 6.05. The standard InChI is InChI=1S/C15H25NO/c1-14(2,16)10-12-7-6-8-13(9-12)11-15(3,4)17-5/h6-9H,10-11,16H2,1-5H3. The van der Waals surface area contributed by atoms with Gasteiger partial charge in [-0.25, -0.2) is 0 Å². The third kappa shape index (κ3) is 5.33. The van der Waals surface area contributed by atoms with Crippen molar-refractivity contribution in [3.8, 4) is 0 Å². The van der Waals surface area contributed by atoms with Gasteiger partial charge in [0, 0.05) is 19.1 Å². The average Bonchev–Trinajstić information content (AvgIpc) is 2.14. The topological polar surface area (TPSA) is 35.2 Å². The second-order valence-corrected chi connectivity index (χ2v) is 6.13. The van der Waals surface area contributed by atoms with Crippen molar-refractivity contribution < 1.29 is 4.74 Å². The van der Waals surface area contributed by atoms with Gasteiger partial charge < -0.3 is 10.5 Å². The van der Waals surface area contributed by atoms with E-state index in [1.54, 1.807) is 7.11 Å². The molecule has 0 saturated carbocycles. The van der Waals surface area contributed by atoms with Crippen molar-refractivity contribution in [2.45, 2.75) is 51.7 Å². The zero-order valence-electron chi connectivity index (χ0n) is 11.7. The van der Waals surface area contributed by atoms with Gasteiger partial charge in [0.1, 0.15) is 0 Å². The Morgan fingerprint density at radius 2 is 1.59 bits per heavy atom. The molecule has 0 aromatic heterocycles. The van der Waals surface area contributed by atoms with Crippen LogP contribution in [-0.4, -0.2) is 18.2 Å². The maximum Gasteiger partial charge on any atom is 0.0662 e. The van der Waals surface area contributed by atoms with E-state index in [4.69, 9.17) is 10.5 Å². The minimum Gasteiger partial charge on any atom is -0.378 e. The molecule has 2 nitrogen and oxygen atoms in total. The Morgan fingerprint density at radius 3 is 2.06 bits per heavy atom. The first-order valence-corrected chi connectivity index (χ1v) is 6.14. The van der Waals surface area contributed by atoms with Crippen LogP contribution >= 0.6 is 0 Å². The second-order valence-electron chi connectivity index (χ2n) is 6.13. The lowest BCUT2D eigenvalue weighted by Gasteiger charge is -2.24. The van der Waals surface area contributed by atoms with Gasteiger partial charge in [-0.1, -0.05) is 24.3 Å². The summed E-state index contributed by atoms with van der Waals surface area (Å²) in [5, 5.41) is 0. The fourth-order valence-corrected chi connectivity index (χ4v) is 1.94. The molecule has 1 aromatic rings. The van der Waals surface area contributed by atoms with Gasteiger partial charge >= 0.3 is 0 Å². The number of hydrogen-bond donors (Lipinski definition) is 1. The molecule has 2 N–H and O–H groups in total. The SMILES string of the molecule is COC(C)(C)Cc1cccc(CC(C)(C)N)c1. The summed E-state index contributed by atoms with van der Waals surface area (Å²) in [6.07, 6.45) is 1.82. The summed E-state index contributed by atoms with van der Waals surface area (Å²) >= 11 is 0. The van der Waals surface area contributed by atoms with E-state index in [1.807, 2.05) is 0 Å². The van der Waals surface area contributed by atoms with Crippen molar-refractivity contribution in [3.63, 3.8) is 0 Å². The van der Waals surface area contributed by atoms with Crippen LogP contribution in [-0.2, 0) is 17.6 Å². The molecule has 1 aromatic carbocycles. The lowest BCUT2D eigenvalue weighted by Crippen LogP contribution is -2.34. The molecule has 0 spiro atoms. The Labute approximate surface area is 105 Å². The molecule has 0 aliphatic carbocycles. The van der Waals surface area contributed by atoms with Gasteiger partial charge in [-0.15, -0.1) is 0 Å². The van der Waals surface area contributed by atoms with Crippen LogP contribution in [0.1, 0.15) is 38.8 Å². The molecule has 0 aliphatic rings. The summed E-state index contributed by atoms with van der Waals surface area (Å²) in [6, 6.07) is 8.61. The second kappa shape index (κ2) is 5.19. The quantitative estimate of drug-likeness (QED) is 0.851. The number of rotatable bonds is 5. The van der Waals surface area contributed by atoms with Gasteiger partial charge in [0.25, 0.3) is 0 Å². The summed E-state index contributed by atoms with van der Waals surface area (Å²) in [4.78, 5) is 0. The van der Waals surface area contributed by atoms with Crippen molar-refractivity contribution in [1.29, 1.82) is 0 Å². The van der Waals surface area contributed by atoms with E-state index in [0.29, 0.717) is 0 Å². The van der Waals surface area contributed by atoms with E-state index >= 15 is 0 Å². The minimum absolute atomic E-state index is 0.114. The summed E-state index contributed by atoms with van der Waals surface area (Å²) in [7, 11) is 1.76. The number of benzene rings is 1. The smallest absolute Gasteiger partial charge is 0.0662 e. The lowest BCUT2D eigenvalue weighted by atomic mass is 9.92. The van der Waals surface area contributed by atoms with Crippen LogP contribution in [0.2, 0.25) is 0 Å². The third-order valence-corrected chi connectivity index (χ3v) is 2.83. The van der Waals surface area contributed by atoms with E-state index < -0.39 is 0 Å². The predicted molar refractivity (Wildman–Crippen MR) is 73.2 cm³/mol. The lowest BCUT2D eigenvalue weighted by molar-refractivity contribution is 0.0232. The van der Waals surface area contributed by atoms with Crippen molar-refractivity contribution in [2.24, 2.45) is 5.73 Å². The molecule has 0 heterocycles. The Bertz CT molecular complexity index is 363. The molecule has 0 fully saturated rings. The molecular formula is C15H25NO. The van der Waals surface area contributed by atoms with E-state index in [0.717, 1.165) is 12.8 Å². The van der Waals surface area contributed by atoms with Crippen LogP contribution < -0.4 is 5.73 Å². The van der Waals surface area contributed by atoms with Gasteiger partial charge in [-0.2, -0.15) is 0 Å². The summed E-state index contributed by atoms with van der Waals surface area (Å²) in [5.41, 5.74) is 8.37. The third-order valence-electron chi connectivity index (χ3n) is 2.83. The van der Waals surface area contributed by atoms with E-state index in [9.17, 15) is 0 Å². The van der Waals surface area contributed by atoms with Gasteiger partial charge in [-0.05, 0) is 45.2 Å². The summed E-state index contributed by atoms with van der Waals surface area (Å²) in [5.74, 6) is 0. The first kappa shape index (κ1) is 14.2. The normalized spacial score (nSPS) is 12.8. The molecule has 0 radical (unpaired) electrons. The molecular weight excluding hydrogens is 210 g/mol. The highest BCUT2D eigenvalue weighted by Gasteiger charge is 2.18. The van der Waals surface area contributed by atoms with Gasteiger partial charge in [0.15, 0.2) is 0 Å². The highest BCUT2D eigenvalue weighted by molar-refractivity contribution is 5.26. The summed E-state index contributed by atoms with van der Waals surface area (Å²) < 4.78 is 5.46. The highest BCUT2D eigenvalue weighted by Crippen LogP contribution is 2.18. The average molecular weight is 235 g/mol. The molecule has 0 aliphatic heterocycles. The van der Waals surface area contributed by atoms with Crippen molar-refractivity contribution >= 4 is 0 Å². The zero-order valence-corrected chi connectivity index (χ0v) is 11.7. The maximum absolute atomic E-state index is 6.05. The fourth-order valence-electron chi connectivity index (χ4n) is 1.94. The Morgan fingerprint density at radius 1 is 1.06 bits per heavy atom. The molecule has 0 amide bonds. The van der Waals surface area contributed by atoms with E-state index in [-0.39, 0.29) is 11.1 Å². The molecule has 1 rings (SSSR count). The Kier molecular flexibility index (Phi) is 4.34. The molecule has 0 atom stereocenters. The first-order chi connectivity index (χ1) is 7.72.